The molecule has 0 bridgehead atoms. The quantitative estimate of drug-likeness (QED) is 0.387. The Kier molecular flexibility index (Phi) is 9.91. The minimum atomic E-state index is -0.744. The van der Waals surface area contributed by atoms with Gasteiger partial charge in [0, 0.05) is 30.8 Å². The Hall–Kier alpha value is -3.12. The molecule has 0 unspecified atom stereocenters. The summed E-state index contributed by atoms with van der Waals surface area (Å²) in [5.74, 6) is 0.0797. The average molecular weight is 493 g/mol. The van der Waals surface area contributed by atoms with Gasteiger partial charge in [0.1, 0.15) is 11.9 Å². The maximum atomic E-state index is 14.6. The molecule has 0 aromatic heterocycles. The van der Waals surface area contributed by atoms with Crippen LogP contribution in [0.3, 0.4) is 0 Å². The Morgan fingerprint density at radius 2 is 1.60 bits per heavy atom. The number of rotatable bonds is 11. The molecule has 0 aliphatic rings. The number of carbonyl (C=O) groups is 2. The van der Waals surface area contributed by atoms with E-state index in [1.54, 1.807) is 18.2 Å². The third-order valence-electron chi connectivity index (χ3n) is 5.70. The predicted molar refractivity (Wildman–Crippen MR) is 142 cm³/mol. The van der Waals surface area contributed by atoms with Gasteiger partial charge in [-0.1, -0.05) is 77.9 Å². The first-order valence-electron chi connectivity index (χ1n) is 11.9. The van der Waals surface area contributed by atoms with Crippen LogP contribution in [0, 0.1) is 19.7 Å². The third-order valence-corrected chi connectivity index (χ3v) is 6.68. The predicted octanol–water partition coefficient (Wildman–Crippen LogP) is 5.45. The molecule has 0 spiro atoms. The van der Waals surface area contributed by atoms with Gasteiger partial charge < -0.3 is 10.2 Å². The average Bonchev–Trinajstić information content (AvgIpc) is 2.82. The second-order valence-electron chi connectivity index (χ2n) is 8.70. The smallest absolute Gasteiger partial charge is 0.243 e. The first-order valence-corrected chi connectivity index (χ1v) is 13.0. The van der Waals surface area contributed by atoms with Crippen molar-refractivity contribution < 1.29 is 14.0 Å². The van der Waals surface area contributed by atoms with Crippen molar-refractivity contribution in [2.45, 2.75) is 45.5 Å². The van der Waals surface area contributed by atoms with Gasteiger partial charge in [-0.2, -0.15) is 0 Å². The number of hydrogen-bond acceptors (Lipinski definition) is 3. The van der Waals surface area contributed by atoms with E-state index in [9.17, 15) is 14.0 Å². The fourth-order valence-corrected chi connectivity index (χ4v) is 4.99. The van der Waals surface area contributed by atoms with Gasteiger partial charge in [0.05, 0.1) is 5.75 Å². The molecule has 6 heteroatoms. The largest absolute Gasteiger partial charge is 0.355 e. The SMILES string of the molecule is CCNC(=O)[C@H](Cc1ccccc1)N(Cc1ccccc1F)C(=O)CSCc1cc(C)cc(C)c1. The van der Waals surface area contributed by atoms with Gasteiger partial charge in [0.15, 0.2) is 0 Å². The molecule has 0 fully saturated rings. The molecule has 0 saturated carbocycles. The molecule has 0 aliphatic carbocycles. The molecule has 4 nitrogen and oxygen atoms in total. The Balaban J connectivity index is 1.84. The fraction of sp³-hybridized carbons (Fsp3) is 0.310. The molecule has 0 saturated heterocycles. The lowest BCUT2D eigenvalue weighted by Gasteiger charge is -2.31. The normalized spacial score (nSPS) is 11.7. The molecule has 35 heavy (non-hydrogen) atoms. The summed E-state index contributed by atoms with van der Waals surface area (Å²) in [6, 6.07) is 21.6. The van der Waals surface area contributed by atoms with Crippen LogP contribution in [-0.2, 0) is 28.3 Å². The number of aryl methyl sites for hydroxylation is 2. The standard InChI is InChI=1S/C29H33FN2O2S/c1-4-31-29(34)27(17-23-10-6-5-7-11-23)32(18-25-12-8-9-13-26(25)30)28(33)20-35-19-24-15-21(2)14-22(3)16-24/h5-16,27H,4,17-20H2,1-3H3,(H,31,34)/t27-/m0/s1. The van der Waals surface area contributed by atoms with Gasteiger partial charge in [-0.15, -0.1) is 11.8 Å². The highest BCUT2D eigenvalue weighted by Crippen LogP contribution is 2.20. The van der Waals surface area contributed by atoms with Crippen molar-refractivity contribution in [2.24, 2.45) is 0 Å². The van der Waals surface area contributed by atoms with E-state index in [0.717, 1.165) is 11.1 Å². The highest BCUT2D eigenvalue weighted by atomic mass is 32.2. The zero-order valence-electron chi connectivity index (χ0n) is 20.6. The van der Waals surface area contributed by atoms with Crippen LogP contribution in [-0.4, -0.2) is 35.1 Å². The summed E-state index contributed by atoms with van der Waals surface area (Å²) in [7, 11) is 0. The number of benzene rings is 3. The number of amides is 2. The molecule has 1 atom stereocenters. The fourth-order valence-electron chi connectivity index (χ4n) is 4.15. The Morgan fingerprint density at radius 1 is 0.943 bits per heavy atom. The van der Waals surface area contributed by atoms with E-state index in [4.69, 9.17) is 0 Å². The molecule has 0 aliphatic heterocycles. The molecule has 1 N–H and O–H groups in total. The van der Waals surface area contributed by atoms with Crippen molar-refractivity contribution >= 4 is 23.6 Å². The minimum Gasteiger partial charge on any atom is -0.355 e. The zero-order chi connectivity index (χ0) is 25.2. The Morgan fingerprint density at radius 3 is 2.26 bits per heavy atom. The van der Waals surface area contributed by atoms with Crippen molar-refractivity contribution in [2.75, 3.05) is 12.3 Å². The number of likely N-dealkylation sites (N-methyl/N-ethyl adjacent to an activating group) is 1. The van der Waals surface area contributed by atoms with E-state index in [-0.39, 0.29) is 29.9 Å². The summed E-state index contributed by atoms with van der Waals surface area (Å²) in [4.78, 5) is 28.2. The van der Waals surface area contributed by atoms with Gasteiger partial charge in [0.25, 0.3) is 0 Å². The zero-order valence-corrected chi connectivity index (χ0v) is 21.4. The van der Waals surface area contributed by atoms with E-state index < -0.39 is 6.04 Å². The van der Waals surface area contributed by atoms with Crippen LogP contribution < -0.4 is 5.32 Å². The van der Waals surface area contributed by atoms with Gasteiger partial charge in [-0.3, -0.25) is 9.59 Å². The molecular formula is C29H33FN2O2S. The first-order chi connectivity index (χ1) is 16.9. The number of thioether (sulfide) groups is 1. The van der Waals surface area contributed by atoms with Crippen molar-refractivity contribution in [1.82, 2.24) is 10.2 Å². The summed E-state index contributed by atoms with van der Waals surface area (Å²) < 4.78 is 14.6. The van der Waals surface area contributed by atoms with E-state index in [1.165, 1.54) is 33.9 Å². The summed E-state index contributed by atoms with van der Waals surface area (Å²) in [5.41, 5.74) is 4.87. The highest BCUT2D eigenvalue weighted by molar-refractivity contribution is 7.99. The van der Waals surface area contributed by atoms with Gasteiger partial charge in [0.2, 0.25) is 11.8 Å². The highest BCUT2D eigenvalue weighted by Gasteiger charge is 2.30. The monoisotopic (exact) mass is 492 g/mol. The number of carbonyl (C=O) groups excluding carboxylic acids is 2. The molecular weight excluding hydrogens is 459 g/mol. The van der Waals surface area contributed by atoms with Crippen LogP contribution >= 0.6 is 11.8 Å². The number of hydrogen-bond donors (Lipinski definition) is 1. The molecule has 2 amide bonds. The van der Waals surface area contributed by atoms with Crippen LogP contribution in [0.1, 0.15) is 34.7 Å². The maximum absolute atomic E-state index is 14.6. The number of halogens is 1. The topological polar surface area (TPSA) is 49.4 Å². The Bertz CT molecular complexity index is 1120. The second kappa shape index (κ2) is 13.1. The summed E-state index contributed by atoms with van der Waals surface area (Å²) >= 11 is 1.51. The van der Waals surface area contributed by atoms with E-state index in [0.29, 0.717) is 24.3 Å². The molecule has 184 valence electrons. The van der Waals surface area contributed by atoms with Crippen LogP contribution in [0.4, 0.5) is 4.39 Å². The Labute approximate surface area is 211 Å². The van der Waals surface area contributed by atoms with Gasteiger partial charge >= 0.3 is 0 Å². The van der Waals surface area contributed by atoms with E-state index >= 15 is 0 Å². The molecule has 3 rings (SSSR count). The van der Waals surface area contributed by atoms with Crippen LogP contribution in [0.5, 0.6) is 0 Å². The molecule has 0 heterocycles. The van der Waals surface area contributed by atoms with Crippen molar-refractivity contribution in [3.05, 3.63) is 106 Å². The number of nitrogens with one attached hydrogen (secondary N) is 1. The minimum absolute atomic E-state index is 0.0320. The van der Waals surface area contributed by atoms with E-state index in [1.807, 2.05) is 37.3 Å². The molecule has 3 aromatic rings. The van der Waals surface area contributed by atoms with Crippen molar-refractivity contribution in [3.63, 3.8) is 0 Å². The lowest BCUT2D eigenvalue weighted by molar-refractivity contribution is -0.139. The van der Waals surface area contributed by atoms with Gasteiger partial charge in [-0.25, -0.2) is 4.39 Å². The van der Waals surface area contributed by atoms with Crippen molar-refractivity contribution in [1.29, 1.82) is 0 Å². The van der Waals surface area contributed by atoms with Gasteiger partial charge in [-0.05, 0) is 38.0 Å². The van der Waals surface area contributed by atoms with Crippen molar-refractivity contribution in [3.8, 4) is 0 Å². The summed E-state index contributed by atoms with van der Waals surface area (Å²) in [5, 5.41) is 2.86. The lowest BCUT2D eigenvalue weighted by atomic mass is 10.0. The summed E-state index contributed by atoms with van der Waals surface area (Å²) in [6.45, 7) is 6.45. The van der Waals surface area contributed by atoms with Crippen LogP contribution in [0.2, 0.25) is 0 Å². The summed E-state index contributed by atoms with van der Waals surface area (Å²) in [6.07, 6.45) is 0.356. The third kappa shape index (κ3) is 7.96. The van der Waals surface area contributed by atoms with Crippen LogP contribution in [0.15, 0.2) is 72.8 Å². The van der Waals surface area contributed by atoms with Crippen LogP contribution in [0.25, 0.3) is 0 Å². The number of nitrogens with zero attached hydrogens (tertiary/aromatic N) is 1. The lowest BCUT2D eigenvalue weighted by Crippen LogP contribution is -2.51. The molecule has 0 radical (unpaired) electrons. The second-order valence-corrected chi connectivity index (χ2v) is 9.69. The van der Waals surface area contributed by atoms with E-state index in [2.05, 4.69) is 37.4 Å². The molecule has 3 aromatic carbocycles. The first kappa shape index (κ1) is 26.5. The maximum Gasteiger partial charge on any atom is 0.243 e.